The van der Waals surface area contributed by atoms with Crippen LogP contribution in [-0.4, -0.2) is 5.97 Å². The first-order chi connectivity index (χ1) is 9.47. The molecule has 20 heavy (non-hydrogen) atoms. The van der Waals surface area contributed by atoms with Gasteiger partial charge in [0.15, 0.2) is 0 Å². The number of esters is 1. The van der Waals surface area contributed by atoms with E-state index in [4.69, 9.17) is 33.7 Å². The van der Waals surface area contributed by atoms with E-state index in [9.17, 15) is 9.18 Å². The molecule has 0 radical (unpaired) electrons. The number of carbonyl (C=O) groups is 1. The van der Waals surface area contributed by atoms with Gasteiger partial charge in [-0.2, -0.15) is 0 Å². The van der Waals surface area contributed by atoms with Crippen LogP contribution in [0.2, 0.25) is 10.0 Å². The van der Waals surface area contributed by atoms with Crippen LogP contribution in [-0.2, 0) is 11.3 Å². The van der Waals surface area contributed by atoms with Crippen molar-refractivity contribution >= 4 is 34.9 Å². The number of anilines is 1. The number of nitrogens with two attached hydrogens (primary N) is 1. The molecule has 0 saturated heterocycles. The number of rotatable bonds is 3. The van der Waals surface area contributed by atoms with Gasteiger partial charge in [-0.15, -0.1) is 0 Å². The van der Waals surface area contributed by atoms with Crippen LogP contribution < -0.4 is 5.73 Å². The van der Waals surface area contributed by atoms with E-state index in [2.05, 4.69) is 0 Å². The van der Waals surface area contributed by atoms with Crippen molar-refractivity contribution < 1.29 is 13.9 Å². The molecule has 2 aromatic carbocycles. The molecule has 0 aliphatic heterocycles. The van der Waals surface area contributed by atoms with Crippen molar-refractivity contribution in [2.24, 2.45) is 0 Å². The predicted octanol–water partition coefficient (Wildman–Crippen LogP) is 4.07. The van der Waals surface area contributed by atoms with Crippen LogP contribution in [0.1, 0.15) is 15.9 Å². The van der Waals surface area contributed by atoms with Crippen LogP contribution in [0, 0.1) is 5.82 Å². The summed E-state index contributed by atoms with van der Waals surface area (Å²) in [6.45, 7) is -0.229. The molecule has 0 aliphatic rings. The first kappa shape index (κ1) is 14.6. The lowest BCUT2D eigenvalue weighted by molar-refractivity contribution is 0.0470. The zero-order chi connectivity index (χ0) is 14.7. The van der Waals surface area contributed by atoms with E-state index in [1.54, 1.807) is 0 Å². The summed E-state index contributed by atoms with van der Waals surface area (Å²) in [6, 6.07) is 8.44. The second-order valence-corrected chi connectivity index (χ2v) is 4.92. The summed E-state index contributed by atoms with van der Waals surface area (Å²) < 4.78 is 18.5. The standard InChI is InChI=1S/C14H10Cl2FNO2/c15-9-2-4-12(17)8(5-9)7-20-14(19)11-3-1-10(16)6-13(11)18/h1-6H,7,18H2. The Kier molecular flexibility index (Phi) is 4.47. The summed E-state index contributed by atoms with van der Waals surface area (Å²) in [7, 11) is 0. The van der Waals surface area contributed by atoms with Gasteiger partial charge in [0, 0.05) is 21.3 Å². The van der Waals surface area contributed by atoms with Gasteiger partial charge < -0.3 is 10.5 Å². The number of hydrogen-bond acceptors (Lipinski definition) is 3. The Morgan fingerprint density at radius 1 is 1.15 bits per heavy atom. The molecule has 0 spiro atoms. The molecule has 0 aromatic heterocycles. The van der Waals surface area contributed by atoms with Gasteiger partial charge in [0.1, 0.15) is 12.4 Å². The average Bonchev–Trinajstić information content (AvgIpc) is 2.39. The fourth-order valence-corrected chi connectivity index (χ4v) is 1.97. The fraction of sp³-hybridized carbons (Fsp3) is 0.0714. The second-order valence-electron chi connectivity index (χ2n) is 4.04. The number of hydrogen-bond donors (Lipinski definition) is 1. The first-order valence-electron chi connectivity index (χ1n) is 5.63. The molecule has 0 fully saturated rings. The maximum Gasteiger partial charge on any atom is 0.340 e. The SMILES string of the molecule is Nc1cc(Cl)ccc1C(=O)OCc1cc(Cl)ccc1F. The summed E-state index contributed by atoms with van der Waals surface area (Å²) >= 11 is 11.5. The highest BCUT2D eigenvalue weighted by atomic mass is 35.5. The number of halogens is 3. The van der Waals surface area contributed by atoms with Crippen molar-refractivity contribution in [2.75, 3.05) is 5.73 Å². The summed E-state index contributed by atoms with van der Waals surface area (Å²) in [5, 5.41) is 0.781. The molecule has 0 saturated carbocycles. The van der Waals surface area contributed by atoms with Gasteiger partial charge in [0.05, 0.1) is 5.56 Å². The van der Waals surface area contributed by atoms with Crippen LogP contribution in [0.3, 0.4) is 0 Å². The van der Waals surface area contributed by atoms with Gasteiger partial charge in [-0.25, -0.2) is 9.18 Å². The van der Waals surface area contributed by atoms with Crippen LogP contribution in [0.25, 0.3) is 0 Å². The Morgan fingerprint density at radius 2 is 1.80 bits per heavy atom. The van der Waals surface area contributed by atoms with E-state index in [1.807, 2.05) is 0 Å². The highest BCUT2D eigenvalue weighted by Crippen LogP contribution is 2.20. The lowest BCUT2D eigenvalue weighted by Gasteiger charge is -2.08. The molecule has 2 N–H and O–H groups in total. The van der Waals surface area contributed by atoms with Crippen molar-refractivity contribution in [2.45, 2.75) is 6.61 Å². The highest BCUT2D eigenvalue weighted by Gasteiger charge is 2.13. The number of benzene rings is 2. The van der Waals surface area contributed by atoms with Crippen LogP contribution in [0.5, 0.6) is 0 Å². The fourth-order valence-electron chi connectivity index (χ4n) is 1.59. The van der Waals surface area contributed by atoms with Gasteiger partial charge in [-0.3, -0.25) is 0 Å². The largest absolute Gasteiger partial charge is 0.457 e. The number of carbonyl (C=O) groups excluding carboxylic acids is 1. The summed E-state index contributed by atoms with van der Waals surface area (Å²) in [5.41, 5.74) is 6.24. The molecule has 0 heterocycles. The topological polar surface area (TPSA) is 52.3 Å². The Morgan fingerprint density at radius 3 is 2.50 bits per heavy atom. The Hall–Kier alpha value is -1.78. The third-order valence-electron chi connectivity index (χ3n) is 2.60. The molecule has 3 nitrogen and oxygen atoms in total. The zero-order valence-corrected chi connectivity index (χ0v) is 11.7. The van der Waals surface area contributed by atoms with Crippen LogP contribution in [0.15, 0.2) is 36.4 Å². The summed E-state index contributed by atoms with van der Waals surface area (Å²) in [6.07, 6.45) is 0. The molecular formula is C14H10Cl2FNO2. The lowest BCUT2D eigenvalue weighted by Crippen LogP contribution is -2.09. The maximum atomic E-state index is 13.5. The molecular weight excluding hydrogens is 304 g/mol. The number of ether oxygens (including phenoxy) is 1. The van der Waals surface area contributed by atoms with E-state index in [0.29, 0.717) is 10.0 Å². The third-order valence-corrected chi connectivity index (χ3v) is 3.07. The molecule has 2 aromatic rings. The van der Waals surface area contributed by atoms with Gasteiger partial charge >= 0.3 is 5.97 Å². The highest BCUT2D eigenvalue weighted by molar-refractivity contribution is 6.31. The monoisotopic (exact) mass is 313 g/mol. The third kappa shape index (κ3) is 3.40. The van der Waals surface area contributed by atoms with Crippen LogP contribution >= 0.6 is 23.2 Å². The van der Waals surface area contributed by atoms with E-state index in [0.717, 1.165) is 0 Å². The van der Waals surface area contributed by atoms with Crippen molar-refractivity contribution in [3.63, 3.8) is 0 Å². The summed E-state index contributed by atoms with van der Waals surface area (Å²) in [5.74, 6) is -1.15. The quantitative estimate of drug-likeness (QED) is 0.686. The maximum absolute atomic E-state index is 13.5. The minimum absolute atomic E-state index is 0.178. The molecule has 6 heteroatoms. The van der Waals surface area contributed by atoms with Gasteiger partial charge in [0.2, 0.25) is 0 Å². The minimum atomic E-state index is -0.654. The molecule has 0 bridgehead atoms. The molecule has 0 atom stereocenters. The average molecular weight is 314 g/mol. The smallest absolute Gasteiger partial charge is 0.340 e. The predicted molar refractivity (Wildman–Crippen MR) is 76.4 cm³/mol. The van der Waals surface area contributed by atoms with Crippen molar-refractivity contribution in [3.05, 3.63) is 63.4 Å². The summed E-state index contributed by atoms with van der Waals surface area (Å²) in [4.78, 5) is 11.8. The van der Waals surface area contributed by atoms with E-state index in [-0.39, 0.29) is 23.4 Å². The van der Waals surface area contributed by atoms with E-state index >= 15 is 0 Å². The Balaban J connectivity index is 2.10. The van der Waals surface area contributed by atoms with Gasteiger partial charge in [-0.1, -0.05) is 23.2 Å². The van der Waals surface area contributed by atoms with Crippen molar-refractivity contribution in [1.29, 1.82) is 0 Å². The van der Waals surface area contributed by atoms with Crippen molar-refractivity contribution in [1.82, 2.24) is 0 Å². The minimum Gasteiger partial charge on any atom is -0.457 e. The van der Waals surface area contributed by atoms with Gasteiger partial charge in [-0.05, 0) is 36.4 Å². The van der Waals surface area contributed by atoms with E-state index in [1.165, 1.54) is 36.4 Å². The zero-order valence-electron chi connectivity index (χ0n) is 10.2. The molecule has 0 amide bonds. The van der Waals surface area contributed by atoms with Gasteiger partial charge in [0.25, 0.3) is 0 Å². The Bertz CT molecular complexity index is 662. The van der Waals surface area contributed by atoms with Crippen molar-refractivity contribution in [3.8, 4) is 0 Å². The normalized spacial score (nSPS) is 10.3. The molecule has 2 rings (SSSR count). The molecule has 104 valence electrons. The molecule has 0 unspecified atom stereocenters. The number of nitrogen functional groups attached to an aromatic ring is 1. The first-order valence-corrected chi connectivity index (χ1v) is 6.39. The Labute approximate surface area is 125 Å². The lowest BCUT2D eigenvalue weighted by atomic mass is 10.2. The van der Waals surface area contributed by atoms with E-state index < -0.39 is 11.8 Å². The van der Waals surface area contributed by atoms with Crippen LogP contribution in [0.4, 0.5) is 10.1 Å². The molecule has 0 aliphatic carbocycles. The second kappa shape index (κ2) is 6.11.